The molecule has 108 valence electrons. The normalized spacial score (nSPS) is 11.4. The lowest BCUT2D eigenvalue weighted by molar-refractivity contribution is 0.473. The van der Waals surface area contributed by atoms with Gasteiger partial charge in [0.05, 0.1) is 17.1 Å². The fraction of sp³-hybridized carbons (Fsp3) is 0.235. The first-order valence-electron chi connectivity index (χ1n) is 7.01. The van der Waals surface area contributed by atoms with Crippen LogP contribution in [0.3, 0.4) is 0 Å². The van der Waals surface area contributed by atoms with Crippen LogP contribution in [0.25, 0.3) is 22.2 Å². The first-order chi connectivity index (χ1) is 10.1. The van der Waals surface area contributed by atoms with Crippen LogP contribution in [-0.2, 0) is 6.54 Å². The van der Waals surface area contributed by atoms with Gasteiger partial charge < -0.3 is 9.73 Å². The maximum atomic E-state index is 6.23. The van der Waals surface area contributed by atoms with Crippen molar-refractivity contribution in [3.8, 4) is 11.3 Å². The summed E-state index contributed by atoms with van der Waals surface area (Å²) in [6, 6.07) is 12.1. The zero-order chi connectivity index (χ0) is 14.8. The number of hydrogen-bond donors (Lipinski definition) is 1. The molecule has 3 nitrogen and oxygen atoms in total. The molecule has 21 heavy (non-hydrogen) atoms. The molecule has 0 radical (unpaired) electrons. The summed E-state index contributed by atoms with van der Waals surface area (Å²) in [5, 5.41) is 4.99. The third kappa shape index (κ3) is 2.94. The monoisotopic (exact) mass is 300 g/mol. The van der Waals surface area contributed by atoms with Gasteiger partial charge in [-0.25, -0.2) is 0 Å². The van der Waals surface area contributed by atoms with E-state index in [-0.39, 0.29) is 0 Å². The fourth-order valence-corrected chi connectivity index (χ4v) is 2.47. The van der Waals surface area contributed by atoms with E-state index in [9.17, 15) is 0 Å². The largest absolute Gasteiger partial charge is 0.460 e. The van der Waals surface area contributed by atoms with Crippen LogP contribution >= 0.6 is 11.6 Å². The van der Waals surface area contributed by atoms with E-state index in [0.717, 1.165) is 34.5 Å². The average molecular weight is 301 g/mol. The molecule has 0 saturated heterocycles. The summed E-state index contributed by atoms with van der Waals surface area (Å²) in [4.78, 5) is 4.44. The summed E-state index contributed by atoms with van der Waals surface area (Å²) >= 11 is 6.23. The first kappa shape index (κ1) is 14.1. The fourth-order valence-electron chi connectivity index (χ4n) is 2.26. The van der Waals surface area contributed by atoms with Gasteiger partial charge in [-0.1, -0.05) is 25.4 Å². The predicted octanol–water partition coefficient (Wildman–Crippen LogP) is 4.65. The van der Waals surface area contributed by atoms with Crippen molar-refractivity contribution in [2.45, 2.75) is 26.4 Å². The number of nitrogens with one attached hydrogen (secondary N) is 1. The van der Waals surface area contributed by atoms with Crippen LogP contribution in [0.5, 0.6) is 0 Å². The molecule has 0 bridgehead atoms. The number of pyridine rings is 1. The van der Waals surface area contributed by atoms with Gasteiger partial charge in [-0.15, -0.1) is 0 Å². The first-order valence-corrected chi connectivity index (χ1v) is 7.38. The van der Waals surface area contributed by atoms with Gasteiger partial charge in [-0.2, -0.15) is 0 Å². The van der Waals surface area contributed by atoms with E-state index in [4.69, 9.17) is 16.0 Å². The smallest absolute Gasteiger partial charge is 0.136 e. The summed E-state index contributed by atoms with van der Waals surface area (Å²) < 4.78 is 5.92. The van der Waals surface area contributed by atoms with Crippen molar-refractivity contribution in [2.75, 3.05) is 0 Å². The van der Waals surface area contributed by atoms with Gasteiger partial charge in [0.15, 0.2) is 0 Å². The van der Waals surface area contributed by atoms with Crippen LogP contribution in [0.15, 0.2) is 47.0 Å². The van der Waals surface area contributed by atoms with Crippen LogP contribution in [0.1, 0.15) is 19.6 Å². The minimum atomic E-state index is 0.427. The number of hydrogen-bond acceptors (Lipinski definition) is 3. The molecule has 2 aromatic heterocycles. The summed E-state index contributed by atoms with van der Waals surface area (Å²) in [6.07, 6.45) is 1.77. The number of benzene rings is 1. The molecule has 0 amide bonds. The summed E-state index contributed by atoms with van der Waals surface area (Å²) in [5.41, 5.74) is 1.83. The van der Waals surface area contributed by atoms with Gasteiger partial charge in [-0.3, -0.25) is 4.98 Å². The third-order valence-corrected chi connectivity index (χ3v) is 3.66. The van der Waals surface area contributed by atoms with Crippen LogP contribution in [0.4, 0.5) is 0 Å². The molecule has 1 N–H and O–H groups in total. The SMILES string of the molecule is CC(C)NCc1ccc(-c2ccc(Cl)c3cccnc23)o1. The van der Waals surface area contributed by atoms with Gasteiger partial charge in [-0.05, 0) is 36.4 Å². The Morgan fingerprint density at radius 2 is 2.05 bits per heavy atom. The lowest BCUT2D eigenvalue weighted by Gasteiger charge is -2.06. The number of aromatic nitrogens is 1. The van der Waals surface area contributed by atoms with E-state index >= 15 is 0 Å². The summed E-state index contributed by atoms with van der Waals surface area (Å²) in [6.45, 7) is 4.94. The quantitative estimate of drug-likeness (QED) is 0.762. The number of fused-ring (bicyclic) bond motifs is 1. The predicted molar refractivity (Wildman–Crippen MR) is 86.4 cm³/mol. The Morgan fingerprint density at radius 3 is 2.86 bits per heavy atom. The second-order valence-electron chi connectivity index (χ2n) is 5.30. The molecule has 0 spiro atoms. The molecule has 2 heterocycles. The van der Waals surface area contributed by atoms with E-state index < -0.39 is 0 Å². The highest BCUT2D eigenvalue weighted by Gasteiger charge is 2.11. The van der Waals surface area contributed by atoms with Crippen molar-refractivity contribution in [3.63, 3.8) is 0 Å². The van der Waals surface area contributed by atoms with Crippen molar-refractivity contribution < 1.29 is 4.42 Å². The maximum absolute atomic E-state index is 6.23. The molecular weight excluding hydrogens is 284 g/mol. The van der Waals surface area contributed by atoms with Crippen molar-refractivity contribution in [2.24, 2.45) is 0 Å². The van der Waals surface area contributed by atoms with E-state index in [1.54, 1.807) is 6.20 Å². The highest BCUT2D eigenvalue weighted by molar-refractivity contribution is 6.35. The molecule has 4 heteroatoms. The van der Waals surface area contributed by atoms with E-state index in [1.165, 1.54) is 0 Å². The second kappa shape index (κ2) is 5.88. The lowest BCUT2D eigenvalue weighted by atomic mass is 10.1. The molecule has 0 atom stereocenters. The van der Waals surface area contributed by atoms with Crippen LogP contribution in [-0.4, -0.2) is 11.0 Å². The zero-order valence-corrected chi connectivity index (χ0v) is 12.8. The summed E-state index contributed by atoms with van der Waals surface area (Å²) in [7, 11) is 0. The van der Waals surface area contributed by atoms with E-state index in [0.29, 0.717) is 11.1 Å². The molecule has 1 aromatic carbocycles. The summed E-state index contributed by atoms with van der Waals surface area (Å²) in [5.74, 6) is 1.73. The van der Waals surface area contributed by atoms with Crippen molar-refractivity contribution >= 4 is 22.5 Å². The number of furan rings is 1. The second-order valence-corrected chi connectivity index (χ2v) is 5.70. The van der Waals surface area contributed by atoms with Crippen molar-refractivity contribution in [3.05, 3.63) is 53.4 Å². The van der Waals surface area contributed by atoms with Gasteiger partial charge >= 0.3 is 0 Å². The molecule has 0 saturated carbocycles. The molecule has 0 aliphatic heterocycles. The minimum absolute atomic E-state index is 0.427. The van der Waals surface area contributed by atoms with Gasteiger partial charge in [0, 0.05) is 23.2 Å². The Morgan fingerprint density at radius 1 is 1.19 bits per heavy atom. The Kier molecular flexibility index (Phi) is 3.95. The van der Waals surface area contributed by atoms with Crippen LogP contribution in [0.2, 0.25) is 5.02 Å². The standard InChI is InChI=1S/C17H17ClN2O/c1-11(2)20-10-12-5-8-16(21-12)14-6-7-15(18)13-4-3-9-19-17(13)14/h3-9,11,20H,10H2,1-2H3. The van der Waals surface area contributed by atoms with Crippen molar-refractivity contribution in [1.82, 2.24) is 10.3 Å². The average Bonchev–Trinajstić information content (AvgIpc) is 2.94. The molecule has 3 rings (SSSR count). The number of nitrogens with zero attached hydrogens (tertiary/aromatic N) is 1. The third-order valence-electron chi connectivity index (χ3n) is 3.33. The minimum Gasteiger partial charge on any atom is -0.460 e. The van der Waals surface area contributed by atoms with Crippen molar-refractivity contribution in [1.29, 1.82) is 0 Å². The number of rotatable bonds is 4. The topological polar surface area (TPSA) is 38.1 Å². The number of halogens is 1. The highest BCUT2D eigenvalue weighted by Crippen LogP contribution is 2.32. The Labute approximate surface area is 128 Å². The van der Waals surface area contributed by atoms with E-state index in [1.807, 2.05) is 36.4 Å². The van der Waals surface area contributed by atoms with E-state index in [2.05, 4.69) is 24.1 Å². The molecule has 3 aromatic rings. The maximum Gasteiger partial charge on any atom is 0.136 e. The Hall–Kier alpha value is -1.84. The lowest BCUT2D eigenvalue weighted by Crippen LogP contribution is -2.21. The Bertz CT molecular complexity index is 764. The molecular formula is C17H17ClN2O. The van der Waals surface area contributed by atoms with Gasteiger partial charge in [0.25, 0.3) is 0 Å². The Balaban J connectivity index is 1.99. The molecule has 0 unspecified atom stereocenters. The van der Waals surface area contributed by atoms with Gasteiger partial charge in [0.1, 0.15) is 11.5 Å². The zero-order valence-electron chi connectivity index (χ0n) is 12.1. The van der Waals surface area contributed by atoms with Gasteiger partial charge in [0.2, 0.25) is 0 Å². The van der Waals surface area contributed by atoms with Crippen LogP contribution in [0, 0.1) is 0 Å². The molecule has 0 fully saturated rings. The molecule has 0 aliphatic rings. The highest BCUT2D eigenvalue weighted by atomic mass is 35.5. The van der Waals surface area contributed by atoms with Crippen LogP contribution < -0.4 is 5.32 Å². The molecule has 0 aliphatic carbocycles.